The number of hydrogen-bond acceptors (Lipinski definition) is 5. The molecule has 0 spiro atoms. The molecular formula is C30H22N4O2S. The zero-order valence-electron chi connectivity index (χ0n) is 19.8. The summed E-state index contributed by atoms with van der Waals surface area (Å²) in [6.45, 7) is 0.0185. The molecule has 0 bridgehead atoms. The van der Waals surface area contributed by atoms with Crippen molar-refractivity contribution >= 4 is 40.4 Å². The van der Waals surface area contributed by atoms with Gasteiger partial charge in [-0.05, 0) is 35.2 Å². The van der Waals surface area contributed by atoms with Gasteiger partial charge in [-0.25, -0.2) is 0 Å². The molecule has 0 saturated carbocycles. The fraction of sp³-hybridized carbons (Fsp3) is 0.0667. The summed E-state index contributed by atoms with van der Waals surface area (Å²) in [7, 11) is 0. The molecule has 6 nitrogen and oxygen atoms in total. The largest absolute Gasteiger partial charge is 0.272 e. The number of amides is 2. The second kappa shape index (κ2) is 9.87. The molecule has 1 aliphatic heterocycles. The van der Waals surface area contributed by atoms with Crippen molar-refractivity contribution in [2.24, 2.45) is 0 Å². The van der Waals surface area contributed by atoms with Crippen molar-refractivity contribution in [3.8, 4) is 5.69 Å². The van der Waals surface area contributed by atoms with E-state index in [1.165, 1.54) is 4.90 Å². The van der Waals surface area contributed by atoms with Gasteiger partial charge in [0.15, 0.2) is 11.0 Å². The number of benzene rings is 4. The molecule has 5 aromatic rings. The highest BCUT2D eigenvalue weighted by atomic mass is 32.2. The number of thioether (sulfide) groups is 1. The Morgan fingerprint density at radius 3 is 2.05 bits per heavy atom. The zero-order chi connectivity index (χ0) is 25.2. The zero-order valence-corrected chi connectivity index (χ0v) is 20.6. The number of carbonyl (C=O) groups is 2. The lowest BCUT2D eigenvalue weighted by Gasteiger charge is -2.27. The van der Waals surface area contributed by atoms with Crippen LogP contribution in [0.5, 0.6) is 0 Å². The van der Waals surface area contributed by atoms with Crippen molar-refractivity contribution < 1.29 is 9.59 Å². The lowest BCUT2D eigenvalue weighted by molar-refractivity contribution is 0.0593. The van der Waals surface area contributed by atoms with Crippen LogP contribution in [0.3, 0.4) is 0 Å². The number of imide groups is 1. The predicted octanol–water partition coefficient (Wildman–Crippen LogP) is 6.02. The van der Waals surface area contributed by atoms with Crippen LogP contribution in [-0.4, -0.2) is 37.2 Å². The van der Waals surface area contributed by atoms with E-state index in [0.29, 0.717) is 33.2 Å². The average Bonchev–Trinajstić information content (AvgIpc) is 3.35. The number of nitrogens with zero attached hydrogens (tertiary/aromatic N) is 4. The van der Waals surface area contributed by atoms with Crippen molar-refractivity contribution in [2.45, 2.75) is 11.7 Å². The molecule has 0 atom stereocenters. The maximum Gasteiger partial charge on any atom is 0.261 e. The number of carbonyl (C=O) groups excluding carboxylic acids is 2. The number of para-hydroxylation sites is 1. The van der Waals surface area contributed by atoms with Gasteiger partial charge in [-0.1, -0.05) is 96.7 Å². The Morgan fingerprint density at radius 1 is 0.730 bits per heavy atom. The van der Waals surface area contributed by atoms with Gasteiger partial charge < -0.3 is 0 Å². The first-order valence-electron chi connectivity index (χ1n) is 11.9. The van der Waals surface area contributed by atoms with Gasteiger partial charge in [-0.2, -0.15) is 0 Å². The first-order valence-corrected chi connectivity index (χ1v) is 12.9. The van der Waals surface area contributed by atoms with Gasteiger partial charge in [0, 0.05) is 28.0 Å². The first-order chi connectivity index (χ1) is 18.2. The number of rotatable bonds is 7. The standard InChI is InChI=1S/C30H22N4O2S/c35-28-24-17-7-13-22-14-8-18-25(27(22)24)29(36)33(28)20-26-31-32-30(34(26)23-15-5-2-6-16-23)37-19-9-12-21-10-3-1-4-11-21/h1-18H,19-20H2. The van der Waals surface area contributed by atoms with E-state index in [4.69, 9.17) is 0 Å². The van der Waals surface area contributed by atoms with Crippen molar-refractivity contribution in [3.63, 3.8) is 0 Å². The molecule has 6 rings (SSSR count). The lowest BCUT2D eigenvalue weighted by atomic mass is 9.94. The van der Waals surface area contributed by atoms with E-state index in [2.05, 4.69) is 34.5 Å². The van der Waals surface area contributed by atoms with Crippen molar-refractivity contribution in [1.82, 2.24) is 19.7 Å². The monoisotopic (exact) mass is 502 g/mol. The quantitative estimate of drug-likeness (QED) is 0.201. The first kappa shape index (κ1) is 22.9. The number of aromatic nitrogens is 3. The molecule has 0 N–H and O–H groups in total. The third kappa shape index (κ3) is 4.34. The molecular weight excluding hydrogens is 480 g/mol. The highest BCUT2D eigenvalue weighted by Gasteiger charge is 2.34. The average molecular weight is 503 g/mol. The topological polar surface area (TPSA) is 68.1 Å². The van der Waals surface area contributed by atoms with Crippen molar-refractivity contribution in [1.29, 1.82) is 0 Å². The molecule has 0 unspecified atom stereocenters. The highest BCUT2D eigenvalue weighted by Crippen LogP contribution is 2.31. The SMILES string of the molecule is O=C1c2cccc3cccc(c23)C(=O)N1Cc1nnc(SCC=Cc2ccccc2)n1-c1ccccc1. The van der Waals surface area contributed by atoms with E-state index in [9.17, 15) is 9.59 Å². The smallest absolute Gasteiger partial charge is 0.261 e. The summed E-state index contributed by atoms with van der Waals surface area (Å²) in [4.78, 5) is 28.2. The van der Waals surface area contributed by atoms with Crippen LogP contribution < -0.4 is 0 Å². The van der Waals surface area contributed by atoms with E-state index in [-0.39, 0.29) is 18.4 Å². The van der Waals surface area contributed by atoms with E-state index in [1.807, 2.05) is 77.4 Å². The third-order valence-electron chi connectivity index (χ3n) is 6.29. The minimum Gasteiger partial charge on any atom is -0.272 e. The predicted molar refractivity (Wildman–Crippen MR) is 146 cm³/mol. The Labute approximate surface area is 218 Å². The van der Waals surface area contributed by atoms with Crippen LogP contribution in [0.2, 0.25) is 0 Å². The van der Waals surface area contributed by atoms with Crippen molar-refractivity contribution in [2.75, 3.05) is 5.75 Å². The Balaban J connectivity index is 1.31. The molecule has 37 heavy (non-hydrogen) atoms. The highest BCUT2D eigenvalue weighted by molar-refractivity contribution is 7.99. The molecule has 0 fully saturated rings. The van der Waals surface area contributed by atoms with Crippen LogP contribution >= 0.6 is 11.8 Å². The van der Waals surface area contributed by atoms with E-state index in [1.54, 1.807) is 23.9 Å². The minimum absolute atomic E-state index is 0.0185. The normalized spacial score (nSPS) is 13.1. The van der Waals surface area contributed by atoms with Crippen LogP contribution in [0, 0.1) is 0 Å². The summed E-state index contributed by atoms with van der Waals surface area (Å²) in [6.07, 6.45) is 4.15. The van der Waals surface area contributed by atoms with Gasteiger partial charge in [0.1, 0.15) is 0 Å². The molecule has 1 aromatic heterocycles. The third-order valence-corrected chi connectivity index (χ3v) is 7.17. The van der Waals surface area contributed by atoms with E-state index in [0.717, 1.165) is 16.6 Å². The van der Waals surface area contributed by atoms with Crippen LogP contribution in [0.15, 0.2) is 108 Å². The molecule has 1 aliphatic rings. The Bertz CT molecular complexity index is 1590. The molecule has 2 heterocycles. The molecule has 4 aromatic carbocycles. The summed E-state index contributed by atoms with van der Waals surface area (Å²) in [5.41, 5.74) is 3.06. The second-order valence-corrected chi connectivity index (χ2v) is 9.59. The van der Waals surface area contributed by atoms with Crippen molar-refractivity contribution in [3.05, 3.63) is 126 Å². The Kier molecular flexibility index (Phi) is 6.12. The van der Waals surface area contributed by atoms with Gasteiger partial charge in [0.05, 0.1) is 6.54 Å². The Morgan fingerprint density at radius 2 is 1.38 bits per heavy atom. The lowest BCUT2D eigenvalue weighted by Crippen LogP contribution is -2.40. The van der Waals surface area contributed by atoms with Crippen LogP contribution in [-0.2, 0) is 6.54 Å². The molecule has 7 heteroatoms. The van der Waals surface area contributed by atoms with Gasteiger partial charge >= 0.3 is 0 Å². The van der Waals surface area contributed by atoms with Gasteiger partial charge in [0.2, 0.25) is 0 Å². The van der Waals surface area contributed by atoms with Gasteiger partial charge in [0.25, 0.3) is 11.8 Å². The molecule has 0 aliphatic carbocycles. The summed E-state index contributed by atoms with van der Waals surface area (Å²) in [5, 5.41) is 11.1. The molecule has 180 valence electrons. The van der Waals surface area contributed by atoms with Gasteiger partial charge in [-0.15, -0.1) is 10.2 Å². The maximum atomic E-state index is 13.5. The summed E-state index contributed by atoms with van der Waals surface area (Å²) < 4.78 is 1.92. The number of hydrogen-bond donors (Lipinski definition) is 0. The summed E-state index contributed by atoms with van der Waals surface area (Å²) in [6, 6.07) is 30.9. The summed E-state index contributed by atoms with van der Waals surface area (Å²) in [5.74, 6) is 0.569. The summed E-state index contributed by atoms with van der Waals surface area (Å²) >= 11 is 1.54. The molecule has 0 saturated heterocycles. The molecule has 0 radical (unpaired) electrons. The fourth-order valence-corrected chi connectivity index (χ4v) is 5.35. The van der Waals surface area contributed by atoms with Crippen LogP contribution in [0.25, 0.3) is 22.5 Å². The fourth-order valence-electron chi connectivity index (χ4n) is 4.57. The van der Waals surface area contributed by atoms with E-state index < -0.39 is 0 Å². The van der Waals surface area contributed by atoms with Gasteiger partial charge in [-0.3, -0.25) is 19.1 Å². The van der Waals surface area contributed by atoms with Crippen LogP contribution in [0.1, 0.15) is 32.1 Å². The maximum absolute atomic E-state index is 13.5. The van der Waals surface area contributed by atoms with E-state index >= 15 is 0 Å². The van der Waals surface area contributed by atoms with Crippen LogP contribution in [0.4, 0.5) is 0 Å². The Hall–Kier alpha value is -4.49. The molecule has 2 amide bonds. The second-order valence-electron chi connectivity index (χ2n) is 8.60. The minimum atomic E-state index is -0.322.